The summed E-state index contributed by atoms with van der Waals surface area (Å²) in [5, 5.41) is 17.9. The van der Waals surface area contributed by atoms with E-state index in [4.69, 9.17) is 5.11 Å². The van der Waals surface area contributed by atoms with Crippen molar-refractivity contribution in [2.75, 3.05) is 5.32 Å². The predicted molar refractivity (Wildman–Crippen MR) is 75.2 cm³/mol. The third-order valence-electron chi connectivity index (χ3n) is 3.05. The van der Waals surface area contributed by atoms with Gasteiger partial charge in [0.05, 0.1) is 11.8 Å². The summed E-state index contributed by atoms with van der Waals surface area (Å²) in [5.74, 6) is 0.514. The zero-order valence-corrected chi connectivity index (χ0v) is 10.7. The number of carbonyl (C=O) groups is 1. The maximum atomic E-state index is 11.0. The second-order valence-electron chi connectivity index (χ2n) is 4.40. The molecule has 0 fully saturated rings. The number of anilines is 2. The Balaban J connectivity index is 2.00. The number of nitrogens with zero attached hydrogens (tertiary/aromatic N) is 3. The van der Waals surface area contributed by atoms with E-state index in [2.05, 4.69) is 15.4 Å². The van der Waals surface area contributed by atoms with Gasteiger partial charge in [-0.05, 0) is 23.6 Å². The summed E-state index contributed by atoms with van der Waals surface area (Å²) in [7, 11) is 1.83. The number of aromatic carboxylic acids is 1. The van der Waals surface area contributed by atoms with Crippen molar-refractivity contribution < 1.29 is 9.90 Å². The van der Waals surface area contributed by atoms with Gasteiger partial charge in [0.2, 0.25) is 0 Å². The van der Waals surface area contributed by atoms with Crippen LogP contribution in [0.25, 0.3) is 10.8 Å². The highest BCUT2D eigenvalue weighted by molar-refractivity contribution is 5.94. The van der Waals surface area contributed by atoms with Crippen LogP contribution in [0.1, 0.15) is 10.4 Å². The fraction of sp³-hybridized carbons (Fsp3) is 0.0714. The Morgan fingerprint density at radius 3 is 2.80 bits per heavy atom. The molecule has 2 aromatic heterocycles. The number of rotatable bonds is 3. The first-order valence-electron chi connectivity index (χ1n) is 6.01. The number of nitrogens with one attached hydrogen (secondary N) is 1. The number of hydrogen-bond donors (Lipinski definition) is 2. The molecule has 2 N–H and O–H groups in total. The lowest BCUT2D eigenvalue weighted by Gasteiger charge is -2.07. The van der Waals surface area contributed by atoms with Crippen molar-refractivity contribution in [1.29, 1.82) is 0 Å². The highest BCUT2D eigenvalue weighted by atomic mass is 16.4. The second kappa shape index (κ2) is 4.65. The quantitative estimate of drug-likeness (QED) is 0.762. The average Bonchev–Trinajstić information content (AvgIpc) is 2.83. The Morgan fingerprint density at radius 2 is 2.10 bits per heavy atom. The lowest BCUT2D eigenvalue weighted by molar-refractivity contribution is 0.0697. The van der Waals surface area contributed by atoms with Crippen LogP contribution in [0.15, 0.2) is 42.7 Å². The van der Waals surface area contributed by atoms with Crippen LogP contribution in [0.3, 0.4) is 0 Å². The van der Waals surface area contributed by atoms with E-state index in [1.807, 2.05) is 19.2 Å². The Kier molecular flexibility index (Phi) is 2.83. The topological polar surface area (TPSA) is 80.0 Å². The number of hydrogen-bond acceptors (Lipinski definition) is 4. The van der Waals surface area contributed by atoms with Crippen LogP contribution in [0.2, 0.25) is 0 Å². The zero-order chi connectivity index (χ0) is 14.1. The van der Waals surface area contributed by atoms with E-state index in [-0.39, 0.29) is 5.56 Å². The van der Waals surface area contributed by atoms with Crippen LogP contribution >= 0.6 is 0 Å². The molecule has 0 saturated carbocycles. The van der Waals surface area contributed by atoms with Crippen molar-refractivity contribution in [2.45, 2.75) is 0 Å². The Hall–Kier alpha value is -2.89. The molecule has 0 atom stereocenters. The highest BCUT2D eigenvalue weighted by Gasteiger charge is 2.06. The molecule has 0 aliphatic heterocycles. The Morgan fingerprint density at radius 1 is 1.25 bits per heavy atom. The lowest BCUT2D eigenvalue weighted by Crippen LogP contribution is -2.00. The van der Waals surface area contributed by atoms with Crippen LogP contribution < -0.4 is 5.32 Å². The van der Waals surface area contributed by atoms with E-state index in [1.165, 1.54) is 0 Å². The minimum Gasteiger partial charge on any atom is -0.478 e. The van der Waals surface area contributed by atoms with Crippen LogP contribution in [0, 0.1) is 0 Å². The largest absolute Gasteiger partial charge is 0.478 e. The third-order valence-corrected chi connectivity index (χ3v) is 3.05. The van der Waals surface area contributed by atoms with Gasteiger partial charge in [-0.15, -0.1) is 0 Å². The molecule has 0 aliphatic rings. The fourth-order valence-corrected chi connectivity index (χ4v) is 1.97. The van der Waals surface area contributed by atoms with Crippen molar-refractivity contribution >= 4 is 28.4 Å². The molecule has 3 aromatic rings. The number of benzene rings is 1. The van der Waals surface area contributed by atoms with Gasteiger partial charge in [-0.3, -0.25) is 4.68 Å². The zero-order valence-electron chi connectivity index (χ0n) is 10.7. The van der Waals surface area contributed by atoms with Gasteiger partial charge in [0, 0.05) is 24.7 Å². The first kappa shape index (κ1) is 12.2. The number of aromatic nitrogens is 3. The monoisotopic (exact) mass is 268 g/mol. The summed E-state index contributed by atoms with van der Waals surface area (Å²) in [4.78, 5) is 15.3. The van der Waals surface area contributed by atoms with Crippen LogP contribution in [-0.4, -0.2) is 25.8 Å². The highest BCUT2D eigenvalue weighted by Crippen LogP contribution is 2.20. The van der Waals surface area contributed by atoms with Gasteiger partial charge >= 0.3 is 5.97 Å². The van der Waals surface area contributed by atoms with E-state index < -0.39 is 5.97 Å². The minimum absolute atomic E-state index is 0.259. The van der Waals surface area contributed by atoms with E-state index in [1.54, 1.807) is 35.3 Å². The summed E-state index contributed by atoms with van der Waals surface area (Å²) in [6, 6.07) is 8.60. The summed E-state index contributed by atoms with van der Waals surface area (Å²) in [6.45, 7) is 0. The normalized spacial score (nSPS) is 10.7. The molecule has 0 saturated heterocycles. The van der Waals surface area contributed by atoms with E-state index >= 15 is 0 Å². The van der Waals surface area contributed by atoms with Crippen LogP contribution in [0.5, 0.6) is 0 Å². The molecule has 0 aliphatic carbocycles. The van der Waals surface area contributed by atoms with Crippen molar-refractivity contribution in [2.24, 2.45) is 7.05 Å². The summed E-state index contributed by atoms with van der Waals surface area (Å²) < 4.78 is 1.69. The lowest BCUT2D eigenvalue weighted by atomic mass is 10.1. The van der Waals surface area contributed by atoms with E-state index in [0.717, 1.165) is 16.6 Å². The SMILES string of the molecule is Cn1nccc1Nc1cc2cc(C(=O)O)ccc2cn1. The first-order chi connectivity index (χ1) is 9.63. The van der Waals surface area contributed by atoms with Gasteiger partial charge in [0.15, 0.2) is 0 Å². The van der Waals surface area contributed by atoms with E-state index in [9.17, 15) is 4.79 Å². The number of aryl methyl sites for hydroxylation is 1. The summed E-state index contributed by atoms with van der Waals surface area (Å²) >= 11 is 0. The molecule has 1 aromatic carbocycles. The molecule has 3 rings (SSSR count). The van der Waals surface area contributed by atoms with Crippen LogP contribution in [0.4, 0.5) is 11.6 Å². The molecule has 2 heterocycles. The van der Waals surface area contributed by atoms with Gasteiger partial charge in [0.1, 0.15) is 11.6 Å². The molecule has 0 spiro atoms. The Bertz CT molecular complexity index is 795. The fourth-order valence-electron chi connectivity index (χ4n) is 1.97. The number of carboxylic acids is 1. The smallest absolute Gasteiger partial charge is 0.335 e. The molecular weight excluding hydrogens is 256 g/mol. The molecule has 0 bridgehead atoms. The minimum atomic E-state index is -0.940. The first-order valence-corrected chi connectivity index (χ1v) is 6.01. The van der Waals surface area contributed by atoms with Gasteiger partial charge in [-0.25, -0.2) is 9.78 Å². The van der Waals surface area contributed by atoms with Gasteiger partial charge in [0.25, 0.3) is 0 Å². The molecule has 0 unspecified atom stereocenters. The summed E-state index contributed by atoms with van der Waals surface area (Å²) in [6.07, 6.45) is 3.39. The van der Waals surface area contributed by atoms with E-state index in [0.29, 0.717) is 5.82 Å². The summed E-state index contributed by atoms with van der Waals surface area (Å²) in [5.41, 5.74) is 0.259. The van der Waals surface area contributed by atoms with Gasteiger partial charge in [-0.2, -0.15) is 5.10 Å². The maximum absolute atomic E-state index is 11.0. The Labute approximate surface area is 114 Å². The molecule has 0 radical (unpaired) electrons. The molecule has 6 heteroatoms. The molecule has 0 amide bonds. The average molecular weight is 268 g/mol. The van der Waals surface area contributed by atoms with Gasteiger partial charge < -0.3 is 10.4 Å². The van der Waals surface area contributed by atoms with Crippen molar-refractivity contribution in [3.8, 4) is 0 Å². The maximum Gasteiger partial charge on any atom is 0.335 e. The van der Waals surface area contributed by atoms with Crippen molar-refractivity contribution in [3.63, 3.8) is 0 Å². The molecule has 20 heavy (non-hydrogen) atoms. The second-order valence-corrected chi connectivity index (χ2v) is 4.40. The third kappa shape index (κ3) is 2.18. The van der Waals surface area contributed by atoms with Crippen molar-refractivity contribution in [1.82, 2.24) is 14.8 Å². The number of fused-ring (bicyclic) bond motifs is 1. The van der Waals surface area contributed by atoms with Crippen LogP contribution in [-0.2, 0) is 7.05 Å². The number of carboxylic acid groups (broad SMARTS) is 1. The number of pyridine rings is 1. The molecule has 100 valence electrons. The predicted octanol–water partition coefficient (Wildman–Crippen LogP) is 2.41. The molecular formula is C14H12N4O2. The molecule has 6 nitrogen and oxygen atoms in total. The standard InChI is InChI=1S/C14H12N4O2/c1-18-13(4-5-16-18)17-12-7-11-6-9(14(19)20)2-3-10(11)8-15-12/h2-8H,1H3,(H,15,17)(H,19,20). The van der Waals surface area contributed by atoms with Crippen molar-refractivity contribution in [3.05, 3.63) is 48.3 Å². The van der Waals surface area contributed by atoms with Gasteiger partial charge in [-0.1, -0.05) is 6.07 Å².